The minimum atomic E-state index is -0.691. The number of fused-ring (bicyclic) bond motifs is 1. The maximum atomic E-state index is 14.0. The van der Waals surface area contributed by atoms with Crippen LogP contribution in [0.2, 0.25) is 0 Å². The highest BCUT2D eigenvalue weighted by molar-refractivity contribution is 5.91. The Morgan fingerprint density at radius 1 is 0.774 bits per heavy atom. The van der Waals surface area contributed by atoms with Gasteiger partial charge in [0, 0.05) is 38.1 Å². The monoisotopic (exact) mass is 844 g/mol. The second-order valence-electron chi connectivity index (χ2n) is 17.0. The molecule has 3 aromatic carbocycles. The van der Waals surface area contributed by atoms with Crippen LogP contribution >= 0.6 is 0 Å². The Labute approximate surface area is 361 Å². The molecule has 3 aliphatic rings. The molecule has 8 rings (SSSR count). The third-order valence-corrected chi connectivity index (χ3v) is 12.7. The third kappa shape index (κ3) is 8.76. The predicted octanol–water partition coefficient (Wildman–Crippen LogP) is 7.45. The molecule has 3 saturated heterocycles. The zero-order chi connectivity index (χ0) is 43.5. The first-order valence-electron chi connectivity index (χ1n) is 21.7. The lowest BCUT2D eigenvalue weighted by molar-refractivity contribution is -0.137. The Morgan fingerprint density at radius 3 is 2.08 bits per heavy atom. The smallest absolute Gasteiger partial charge is 0.407 e. The normalized spacial score (nSPS) is 19.1. The summed E-state index contributed by atoms with van der Waals surface area (Å²) < 4.78 is 15.2. The fourth-order valence-electron chi connectivity index (χ4n) is 9.34. The summed E-state index contributed by atoms with van der Waals surface area (Å²) >= 11 is 0. The Morgan fingerprint density at radius 2 is 1.40 bits per heavy atom. The van der Waals surface area contributed by atoms with Gasteiger partial charge in [-0.2, -0.15) is 0 Å². The lowest BCUT2D eigenvalue weighted by atomic mass is 9.90. The second kappa shape index (κ2) is 18.4. The topological polar surface area (TPSA) is 184 Å². The molecule has 326 valence electrons. The van der Waals surface area contributed by atoms with E-state index < -0.39 is 24.3 Å². The van der Waals surface area contributed by atoms with Crippen LogP contribution < -0.4 is 10.6 Å². The van der Waals surface area contributed by atoms with E-state index >= 15 is 0 Å². The van der Waals surface area contributed by atoms with E-state index in [-0.39, 0.29) is 35.7 Å². The molecule has 5 aromatic rings. The maximum Gasteiger partial charge on any atom is 0.407 e. The fourth-order valence-corrected chi connectivity index (χ4v) is 9.34. The van der Waals surface area contributed by atoms with Gasteiger partial charge in [-0.25, -0.2) is 19.6 Å². The SMILES string of the molecule is COC(=O)N[C@H](C(=O)N1CCC[C@H]1c1ncc(-c2ccc(-c3ccc4cc(-c5c[nH]c([C@@H]6CCCN6C(=O)[C@@H](NC(=O)OC)C6CCOCC6)n5)ccc4c3)c(C)c2)[nH]1)C(C)C. The number of rotatable bonds is 11. The number of H-pyrrole nitrogens is 2. The number of amides is 4. The molecular weight excluding hydrogens is 789 g/mol. The Bertz CT molecular complexity index is 2440. The van der Waals surface area contributed by atoms with Crippen molar-refractivity contribution in [2.75, 3.05) is 40.5 Å². The Hall–Kier alpha value is -6.22. The highest BCUT2D eigenvalue weighted by atomic mass is 16.5. The molecule has 62 heavy (non-hydrogen) atoms. The molecule has 0 radical (unpaired) electrons. The number of nitrogens with zero attached hydrogens (tertiary/aromatic N) is 4. The first-order chi connectivity index (χ1) is 30.0. The summed E-state index contributed by atoms with van der Waals surface area (Å²) in [4.78, 5) is 72.2. The number of carbonyl (C=O) groups excluding carboxylic acids is 4. The van der Waals surface area contributed by atoms with Gasteiger partial charge in [-0.3, -0.25) is 9.59 Å². The molecule has 5 heterocycles. The first kappa shape index (κ1) is 42.5. The van der Waals surface area contributed by atoms with Gasteiger partial charge in [0.1, 0.15) is 23.7 Å². The molecule has 3 fully saturated rings. The number of methoxy groups -OCH3 is 2. The number of ether oxygens (including phenoxy) is 3. The van der Waals surface area contributed by atoms with Crippen LogP contribution in [-0.2, 0) is 23.8 Å². The number of aryl methyl sites for hydroxylation is 1. The molecule has 3 aliphatic heterocycles. The third-order valence-electron chi connectivity index (χ3n) is 12.7. The molecule has 4 N–H and O–H groups in total. The highest BCUT2D eigenvalue weighted by Crippen LogP contribution is 2.37. The van der Waals surface area contributed by atoms with Gasteiger partial charge < -0.3 is 44.6 Å². The molecule has 0 aliphatic carbocycles. The molecule has 0 bridgehead atoms. The van der Waals surface area contributed by atoms with Crippen molar-refractivity contribution in [2.45, 2.75) is 83.5 Å². The number of alkyl carbamates (subject to hydrolysis) is 2. The van der Waals surface area contributed by atoms with E-state index in [0.717, 1.165) is 87.3 Å². The standard InChI is InChI=1S/C47H56N8O7/c1-27(2)40(52-46(58)60-4)44(56)54-18-6-8-38(54)42-48-25-36(50-42)33-14-15-35(28(3)22-33)32-12-10-31-24-34(13-11-30(31)23-32)37-26-49-43(51-37)39-9-7-19-55(39)45(57)41(53-47(59)61-5)29-16-20-62-21-17-29/h10-15,22-27,29,38-41H,6-9,16-21H2,1-5H3,(H,48,50)(H,49,51)(H,52,58)(H,53,59)/t38-,39-,40-,41-/m0/s1. The quantitative estimate of drug-likeness (QED) is 0.105. The molecule has 15 nitrogen and oxygen atoms in total. The first-order valence-corrected chi connectivity index (χ1v) is 21.7. The summed E-state index contributed by atoms with van der Waals surface area (Å²) in [6, 6.07) is 17.4. The molecule has 4 atom stereocenters. The van der Waals surface area contributed by atoms with Crippen LogP contribution in [0.4, 0.5) is 9.59 Å². The van der Waals surface area contributed by atoms with Gasteiger partial charge in [-0.1, -0.05) is 50.2 Å². The number of hydrogen-bond acceptors (Lipinski definition) is 9. The Kier molecular flexibility index (Phi) is 12.6. The summed E-state index contributed by atoms with van der Waals surface area (Å²) in [5.74, 6) is 1.08. The van der Waals surface area contributed by atoms with Crippen molar-refractivity contribution in [2.24, 2.45) is 11.8 Å². The van der Waals surface area contributed by atoms with Crippen molar-refractivity contribution in [1.29, 1.82) is 0 Å². The van der Waals surface area contributed by atoms with Crippen LogP contribution in [0.15, 0.2) is 67.0 Å². The van der Waals surface area contributed by atoms with E-state index in [9.17, 15) is 19.2 Å². The number of likely N-dealkylation sites (tertiary alicyclic amines) is 2. The lowest BCUT2D eigenvalue weighted by Crippen LogP contribution is -2.53. The average Bonchev–Trinajstić information content (AvgIpc) is 4.14. The fraction of sp³-hybridized carbons (Fsp3) is 0.447. The van der Waals surface area contributed by atoms with Crippen molar-refractivity contribution in [1.82, 2.24) is 40.4 Å². The van der Waals surface area contributed by atoms with Gasteiger partial charge in [-0.05, 0) is 109 Å². The van der Waals surface area contributed by atoms with Crippen LogP contribution in [0.25, 0.3) is 44.4 Å². The van der Waals surface area contributed by atoms with E-state index in [0.29, 0.717) is 39.1 Å². The van der Waals surface area contributed by atoms with E-state index in [1.165, 1.54) is 14.2 Å². The van der Waals surface area contributed by atoms with E-state index in [1.54, 1.807) is 0 Å². The van der Waals surface area contributed by atoms with Gasteiger partial charge in [-0.15, -0.1) is 0 Å². The number of nitrogens with one attached hydrogen (secondary N) is 4. The van der Waals surface area contributed by atoms with Crippen molar-refractivity contribution < 1.29 is 33.4 Å². The van der Waals surface area contributed by atoms with Crippen molar-refractivity contribution >= 4 is 34.8 Å². The summed E-state index contributed by atoms with van der Waals surface area (Å²) in [5, 5.41) is 7.72. The molecule has 2 aromatic heterocycles. The molecule has 0 unspecified atom stereocenters. The van der Waals surface area contributed by atoms with Crippen LogP contribution in [-0.4, -0.2) is 106 Å². The van der Waals surface area contributed by atoms with Gasteiger partial charge in [0.05, 0.1) is 43.9 Å². The summed E-state index contributed by atoms with van der Waals surface area (Å²) in [7, 11) is 2.60. The van der Waals surface area contributed by atoms with Crippen molar-refractivity contribution in [3.05, 3.63) is 84.2 Å². The number of aromatic nitrogens is 4. The lowest BCUT2D eigenvalue weighted by Gasteiger charge is -2.34. The van der Waals surface area contributed by atoms with Crippen LogP contribution in [0.1, 0.15) is 81.7 Å². The molecular formula is C47H56N8O7. The molecule has 0 spiro atoms. The number of carbonyl (C=O) groups is 4. The van der Waals surface area contributed by atoms with Crippen LogP contribution in [0.5, 0.6) is 0 Å². The number of imidazole rings is 2. The predicted molar refractivity (Wildman–Crippen MR) is 234 cm³/mol. The minimum Gasteiger partial charge on any atom is -0.453 e. The summed E-state index contributed by atoms with van der Waals surface area (Å²) in [5.41, 5.74) is 6.99. The molecule has 0 saturated carbocycles. The molecule has 15 heteroatoms. The van der Waals surface area contributed by atoms with Gasteiger partial charge >= 0.3 is 12.2 Å². The zero-order valence-corrected chi connectivity index (χ0v) is 36.0. The van der Waals surface area contributed by atoms with Crippen molar-refractivity contribution in [3.63, 3.8) is 0 Å². The largest absolute Gasteiger partial charge is 0.453 e. The van der Waals surface area contributed by atoms with Gasteiger partial charge in [0.2, 0.25) is 11.8 Å². The van der Waals surface area contributed by atoms with Crippen LogP contribution in [0, 0.1) is 18.8 Å². The molecule has 4 amide bonds. The van der Waals surface area contributed by atoms with Gasteiger partial charge in [0.15, 0.2) is 0 Å². The minimum absolute atomic E-state index is 0.0285. The van der Waals surface area contributed by atoms with Crippen LogP contribution in [0.3, 0.4) is 0 Å². The Balaban J connectivity index is 0.954. The number of benzene rings is 3. The average molecular weight is 845 g/mol. The zero-order valence-electron chi connectivity index (χ0n) is 36.0. The van der Waals surface area contributed by atoms with Crippen molar-refractivity contribution in [3.8, 4) is 33.6 Å². The summed E-state index contributed by atoms with van der Waals surface area (Å²) in [6.45, 7) is 8.22. The number of hydrogen-bond donors (Lipinski definition) is 4. The van der Waals surface area contributed by atoms with E-state index in [1.807, 2.05) is 36.0 Å². The number of aromatic amines is 2. The van der Waals surface area contributed by atoms with Gasteiger partial charge in [0.25, 0.3) is 0 Å². The highest BCUT2D eigenvalue weighted by Gasteiger charge is 2.41. The maximum absolute atomic E-state index is 14.0. The van der Waals surface area contributed by atoms with E-state index in [4.69, 9.17) is 24.2 Å². The summed E-state index contributed by atoms with van der Waals surface area (Å²) in [6.07, 6.45) is 7.13. The van der Waals surface area contributed by atoms with E-state index in [2.05, 4.69) is 82.1 Å². The second-order valence-corrected chi connectivity index (χ2v) is 17.0.